The quantitative estimate of drug-likeness (QED) is 0.608. The van der Waals surface area contributed by atoms with Crippen LogP contribution in [0.5, 0.6) is 0 Å². The van der Waals surface area contributed by atoms with E-state index in [4.69, 9.17) is 4.74 Å². The number of likely N-dealkylation sites (N-methyl/N-ethyl adjacent to an activating group) is 1. The number of benzene rings is 1. The van der Waals surface area contributed by atoms with Gasteiger partial charge in [-0.05, 0) is 11.5 Å². The van der Waals surface area contributed by atoms with Gasteiger partial charge in [0.2, 0.25) is 17.7 Å². The fraction of sp³-hybridized carbons (Fsp3) is 0.536. The van der Waals surface area contributed by atoms with Crippen molar-refractivity contribution in [3.8, 4) is 0 Å². The Morgan fingerprint density at radius 1 is 1.08 bits per heavy atom. The molecule has 4 aliphatic rings. The van der Waals surface area contributed by atoms with Gasteiger partial charge in [-0.2, -0.15) is 0 Å². The summed E-state index contributed by atoms with van der Waals surface area (Å²) < 4.78 is 6.62. The van der Waals surface area contributed by atoms with Crippen LogP contribution < -0.4 is 0 Å². The Morgan fingerprint density at radius 3 is 2.53 bits per heavy atom. The second-order valence-corrected chi connectivity index (χ2v) is 10.5. The van der Waals surface area contributed by atoms with Crippen LogP contribution in [0.2, 0.25) is 0 Å². The number of hydrogen-bond acceptors (Lipinski definition) is 5. The number of nitrogens with zero attached hydrogens (tertiary/aromatic N) is 3. The van der Waals surface area contributed by atoms with Crippen LogP contribution in [0, 0.1) is 17.8 Å². The van der Waals surface area contributed by atoms with Crippen LogP contribution >= 0.6 is 0 Å². The number of likely N-dealkylation sites (tertiary alicyclic amines) is 1. The lowest BCUT2D eigenvalue weighted by molar-refractivity contribution is -0.152. The lowest BCUT2D eigenvalue weighted by atomic mass is 9.77. The highest BCUT2D eigenvalue weighted by Gasteiger charge is 2.72. The summed E-state index contributed by atoms with van der Waals surface area (Å²) in [6.45, 7) is 4.92. The average molecular weight is 494 g/mol. The van der Waals surface area contributed by atoms with Gasteiger partial charge < -0.3 is 24.5 Å². The Balaban J connectivity index is 1.62. The number of aliphatic hydroxyl groups excluding tert-OH is 1. The number of ether oxygens (including phenoxy) is 1. The van der Waals surface area contributed by atoms with Crippen molar-refractivity contribution in [3.05, 3.63) is 60.2 Å². The van der Waals surface area contributed by atoms with E-state index in [2.05, 4.69) is 0 Å². The molecule has 2 saturated heterocycles. The Morgan fingerprint density at radius 2 is 1.83 bits per heavy atom. The van der Waals surface area contributed by atoms with E-state index in [9.17, 15) is 19.5 Å². The average Bonchev–Trinajstić information content (AvgIpc) is 3.21. The zero-order valence-electron chi connectivity index (χ0n) is 21.1. The molecule has 0 aromatic heterocycles. The lowest BCUT2D eigenvalue weighted by Gasteiger charge is -2.40. The second kappa shape index (κ2) is 9.48. The van der Waals surface area contributed by atoms with Gasteiger partial charge >= 0.3 is 0 Å². The summed E-state index contributed by atoms with van der Waals surface area (Å²) in [5.41, 5.74) is -0.283. The molecule has 3 amide bonds. The first-order valence-corrected chi connectivity index (χ1v) is 12.9. The predicted octanol–water partition coefficient (Wildman–Crippen LogP) is 1.60. The third kappa shape index (κ3) is 3.69. The van der Waals surface area contributed by atoms with Crippen molar-refractivity contribution >= 4 is 17.7 Å². The molecule has 4 heterocycles. The number of rotatable bonds is 6. The summed E-state index contributed by atoms with van der Waals surface area (Å²) in [5.74, 6) is -2.26. The van der Waals surface area contributed by atoms with Crippen LogP contribution in [-0.4, -0.2) is 88.1 Å². The van der Waals surface area contributed by atoms with Crippen molar-refractivity contribution < 1.29 is 24.2 Å². The van der Waals surface area contributed by atoms with Crippen LogP contribution in [-0.2, 0) is 25.7 Å². The Labute approximate surface area is 212 Å². The maximum atomic E-state index is 14.3. The third-order valence-corrected chi connectivity index (χ3v) is 8.44. The van der Waals surface area contributed by atoms with Crippen molar-refractivity contribution in [1.82, 2.24) is 14.7 Å². The lowest BCUT2D eigenvalue weighted by Crippen LogP contribution is -2.59. The van der Waals surface area contributed by atoms with E-state index in [1.54, 1.807) is 21.7 Å². The van der Waals surface area contributed by atoms with Gasteiger partial charge in [-0.15, -0.1) is 0 Å². The Hall–Kier alpha value is -2.97. The molecule has 7 atom stereocenters. The van der Waals surface area contributed by atoms with Crippen LogP contribution in [0.3, 0.4) is 0 Å². The largest absolute Gasteiger partial charge is 0.394 e. The first kappa shape index (κ1) is 24.7. The summed E-state index contributed by atoms with van der Waals surface area (Å²) >= 11 is 0. The Kier molecular flexibility index (Phi) is 6.51. The summed E-state index contributed by atoms with van der Waals surface area (Å²) in [7, 11) is 1.72. The minimum Gasteiger partial charge on any atom is -0.394 e. The Bertz CT molecular complexity index is 1090. The highest BCUT2D eigenvalue weighted by Crippen LogP contribution is 2.54. The van der Waals surface area contributed by atoms with E-state index in [1.807, 2.05) is 68.5 Å². The molecule has 1 unspecified atom stereocenters. The standard InChI is InChI=1S/C28H35N3O5/c1-4-18(2)20(17-32)31-24-27(35)30(16-19-10-6-5-7-11-19)15-9-13-28(24)23(26(31)34)22-21(36-28)12-8-14-29(3)25(22)33/h5-13,18,20-24,32H,4,14-17H2,1-3H3/t18-,20-,21-,22+,23-,24?,28-/m0/s1. The van der Waals surface area contributed by atoms with Gasteiger partial charge in [0.25, 0.3) is 0 Å². The van der Waals surface area contributed by atoms with Gasteiger partial charge in [0.15, 0.2) is 0 Å². The van der Waals surface area contributed by atoms with Gasteiger partial charge in [0, 0.05) is 26.7 Å². The smallest absolute Gasteiger partial charge is 0.249 e. The fourth-order valence-corrected chi connectivity index (χ4v) is 6.37. The van der Waals surface area contributed by atoms with Crippen LogP contribution in [0.4, 0.5) is 0 Å². The molecular formula is C28H35N3O5. The minimum atomic E-state index is -1.27. The van der Waals surface area contributed by atoms with Gasteiger partial charge in [0.1, 0.15) is 11.6 Å². The van der Waals surface area contributed by atoms with E-state index < -0.39 is 35.6 Å². The zero-order valence-corrected chi connectivity index (χ0v) is 21.1. The van der Waals surface area contributed by atoms with Crippen molar-refractivity contribution in [3.63, 3.8) is 0 Å². The molecule has 5 rings (SSSR count). The molecular weight excluding hydrogens is 458 g/mol. The molecule has 8 nitrogen and oxygen atoms in total. The maximum Gasteiger partial charge on any atom is 0.249 e. The molecule has 1 aromatic carbocycles. The molecule has 0 saturated carbocycles. The number of aliphatic hydroxyl groups is 1. The first-order valence-electron chi connectivity index (χ1n) is 12.9. The topological polar surface area (TPSA) is 90.4 Å². The number of carbonyl (C=O) groups excluding carboxylic acids is 3. The summed E-state index contributed by atoms with van der Waals surface area (Å²) in [5, 5.41) is 10.4. The normalized spacial score (nSPS) is 33.2. The fourth-order valence-electron chi connectivity index (χ4n) is 6.37. The van der Waals surface area contributed by atoms with Crippen LogP contribution in [0.25, 0.3) is 0 Å². The van der Waals surface area contributed by atoms with Crippen molar-refractivity contribution in [1.29, 1.82) is 0 Å². The van der Waals surface area contributed by atoms with E-state index in [-0.39, 0.29) is 30.2 Å². The van der Waals surface area contributed by atoms with E-state index in [0.717, 1.165) is 12.0 Å². The molecule has 0 aliphatic carbocycles. The van der Waals surface area contributed by atoms with Crippen molar-refractivity contribution in [2.45, 2.75) is 50.6 Å². The van der Waals surface area contributed by atoms with E-state index in [1.165, 1.54) is 0 Å². The molecule has 8 heteroatoms. The molecule has 1 spiro atoms. The highest BCUT2D eigenvalue weighted by atomic mass is 16.5. The molecule has 1 aromatic rings. The maximum absolute atomic E-state index is 14.3. The molecule has 2 fully saturated rings. The predicted molar refractivity (Wildman–Crippen MR) is 133 cm³/mol. The SMILES string of the molecule is CC[C@H](C)[C@H](CO)N1C(=O)[C@@H]2[C@@H]3C(=O)N(C)CC=C[C@@H]3O[C@@]23C=CCN(Cc2ccccc2)C(=O)C13. The van der Waals surface area contributed by atoms with Gasteiger partial charge in [-0.3, -0.25) is 14.4 Å². The monoisotopic (exact) mass is 493 g/mol. The van der Waals surface area contributed by atoms with Crippen LogP contribution in [0.15, 0.2) is 54.6 Å². The van der Waals surface area contributed by atoms with E-state index in [0.29, 0.717) is 19.6 Å². The van der Waals surface area contributed by atoms with Gasteiger partial charge in [0.05, 0.1) is 30.6 Å². The van der Waals surface area contributed by atoms with Crippen molar-refractivity contribution in [2.24, 2.45) is 17.8 Å². The van der Waals surface area contributed by atoms with Crippen LogP contribution in [0.1, 0.15) is 25.8 Å². The highest BCUT2D eigenvalue weighted by molar-refractivity contribution is 6.00. The molecule has 1 N–H and O–H groups in total. The molecule has 192 valence electrons. The number of carbonyl (C=O) groups is 3. The molecule has 0 bridgehead atoms. The van der Waals surface area contributed by atoms with Gasteiger partial charge in [-0.25, -0.2) is 0 Å². The van der Waals surface area contributed by atoms with Gasteiger partial charge in [-0.1, -0.05) is 74.9 Å². The molecule has 4 aliphatic heterocycles. The number of fused-ring (bicyclic) bond motifs is 2. The van der Waals surface area contributed by atoms with E-state index >= 15 is 0 Å². The summed E-state index contributed by atoms with van der Waals surface area (Å²) in [6, 6.07) is 8.23. The molecule has 0 radical (unpaired) electrons. The number of hydrogen-bond donors (Lipinski definition) is 1. The zero-order chi connectivity index (χ0) is 25.6. The first-order chi connectivity index (χ1) is 17.3. The number of amides is 3. The molecule has 36 heavy (non-hydrogen) atoms. The second-order valence-electron chi connectivity index (χ2n) is 10.5. The van der Waals surface area contributed by atoms with Crippen molar-refractivity contribution in [2.75, 3.05) is 26.7 Å². The summed E-state index contributed by atoms with van der Waals surface area (Å²) in [6.07, 6.45) is 7.63. The summed E-state index contributed by atoms with van der Waals surface area (Å²) in [4.78, 5) is 46.9. The third-order valence-electron chi connectivity index (χ3n) is 8.44. The minimum absolute atomic E-state index is 0.0411.